The minimum atomic E-state index is -4.43. The topological polar surface area (TPSA) is 49.3 Å². The van der Waals surface area contributed by atoms with E-state index < -0.39 is 23.8 Å². The highest BCUT2D eigenvalue weighted by Crippen LogP contribution is 2.29. The summed E-state index contributed by atoms with van der Waals surface area (Å²) in [5.74, 6) is -0.526. The number of hydrogen-bond donors (Lipinski definition) is 2. The molecule has 2 rings (SSSR count). The largest absolute Gasteiger partial charge is 0.416 e. The number of nitrogens with one attached hydrogen (secondary N) is 1. The van der Waals surface area contributed by atoms with Crippen LogP contribution in [-0.4, -0.2) is 17.6 Å². The Balaban J connectivity index is 1.96. The molecule has 0 saturated carbocycles. The normalized spacial score (nSPS) is 13.0. The average Bonchev–Trinajstić information content (AvgIpc) is 2.90. The van der Waals surface area contributed by atoms with E-state index in [2.05, 4.69) is 5.32 Å². The van der Waals surface area contributed by atoms with Gasteiger partial charge in [0, 0.05) is 17.0 Å². The molecular formula is C15H14F3NO2S. The summed E-state index contributed by atoms with van der Waals surface area (Å²) in [5, 5.41) is 14.3. The number of hydrogen-bond acceptors (Lipinski definition) is 3. The predicted molar refractivity (Wildman–Crippen MR) is 77.8 cm³/mol. The Kier molecular flexibility index (Phi) is 4.87. The van der Waals surface area contributed by atoms with Gasteiger partial charge in [0.1, 0.15) is 6.10 Å². The zero-order valence-electron chi connectivity index (χ0n) is 11.6. The lowest BCUT2D eigenvalue weighted by Gasteiger charge is -2.12. The van der Waals surface area contributed by atoms with Crippen LogP contribution in [0.1, 0.15) is 32.5 Å². The fraction of sp³-hybridized carbons (Fsp3) is 0.267. The lowest BCUT2D eigenvalue weighted by Crippen LogP contribution is -2.28. The number of aryl methyl sites for hydroxylation is 1. The van der Waals surface area contributed by atoms with Crippen LogP contribution < -0.4 is 5.32 Å². The molecule has 0 fully saturated rings. The summed E-state index contributed by atoms with van der Waals surface area (Å²) in [5.41, 5.74) is 0.239. The first kappa shape index (κ1) is 16.5. The van der Waals surface area contributed by atoms with Gasteiger partial charge in [-0.1, -0.05) is 0 Å². The van der Waals surface area contributed by atoms with Gasteiger partial charge >= 0.3 is 6.18 Å². The van der Waals surface area contributed by atoms with Crippen LogP contribution in [0.4, 0.5) is 13.2 Å². The maximum Gasteiger partial charge on any atom is 0.416 e. The summed E-state index contributed by atoms with van der Waals surface area (Å²) in [7, 11) is 0. The van der Waals surface area contributed by atoms with Crippen LogP contribution in [0.5, 0.6) is 0 Å². The summed E-state index contributed by atoms with van der Waals surface area (Å²) < 4.78 is 37.3. The Hall–Kier alpha value is -1.86. The first-order valence-electron chi connectivity index (χ1n) is 6.46. The Morgan fingerprint density at radius 3 is 2.41 bits per heavy atom. The zero-order chi connectivity index (χ0) is 16.3. The van der Waals surface area contributed by atoms with Crippen molar-refractivity contribution < 1.29 is 23.1 Å². The number of carbonyl (C=O) groups is 1. The van der Waals surface area contributed by atoms with E-state index in [0.29, 0.717) is 0 Å². The van der Waals surface area contributed by atoms with Crippen LogP contribution in [0, 0.1) is 6.92 Å². The molecule has 0 saturated heterocycles. The minimum Gasteiger partial charge on any atom is -0.386 e. The van der Waals surface area contributed by atoms with Gasteiger partial charge in [0.2, 0.25) is 0 Å². The van der Waals surface area contributed by atoms with Crippen LogP contribution in [0.3, 0.4) is 0 Å². The third kappa shape index (κ3) is 3.86. The third-order valence-electron chi connectivity index (χ3n) is 3.13. The molecule has 7 heteroatoms. The molecule has 1 heterocycles. The molecule has 0 radical (unpaired) electrons. The fourth-order valence-electron chi connectivity index (χ4n) is 1.92. The quantitative estimate of drug-likeness (QED) is 0.901. The standard InChI is InChI=1S/C15H14F3NO2S/c1-9-6-7-22-13(9)12(20)8-19-14(21)10-2-4-11(5-3-10)15(16,17)18/h2-7,12,20H,8H2,1H3,(H,19,21). The van der Waals surface area contributed by atoms with Crippen LogP contribution in [0.2, 0.25) is 0 Å². The second-order valence-corrected chi connectivity index (χ2v) is 5.72. The average molecular weight is 329 g/mol. The molecule has 0 bridgehead atoms. The first-order valence-corrected chi connectivity index (χ1v) is 7.34. The van der Waals surface area contributed by atoms with Gasteiger partial charge in [0.05, 0.1) is 5.56 Å². The van der Waals surface area contributed by atoms with Crippen molar-refractivity contribution in [3.63, 3.8) is 0 Å². The van der Waals surface area contributed by atoms with E-state index in [1.165, 1.54) is 11.3 Å². The summed E-state index contributed by atoms with van der Waals surface area (Å²) in [6.45, 7) is 1.86. The number of carbonyl (C=O) groups excluding carboxylic acids is 1. The Morgan fingerprint density at radius 1 is 1.27 bits per heavy atom. The van der Waals surface area contributed by atoms with Crippen LogP contribution in [0.25, 0.3) is 0 Å². The number of aliphatic hydroxyl groups is 1. The number of amides is 1. The number of benzene rings is 1. The van der Waals surface area contributed by atoms with Crippen LogP contribution >= 0.6 is 11.3 Å². The monoisotopic (exact) mass is 329 g/mol. The molecule has 118 valence electrons. The van der Waals surface area contributed by atoms with Crippen molar-refractivity contribution >= 4 is 17.2 Å². The number of halogens is 3. The van der Waals surface area contributed by atoms with Gasteiger partial charge < -0.3 is 10.4 Å². The maximum atomic E-state index is 12.4. The van der Waals surface area contributed by atoms with E-state index >= 15 is 0 Å². The van der Waals surface area contributed by atoms with E-state index in [4.69, 9.17) is 0 Å². The van der Waals surface area contributed by atoms with E-state index in [1.54, 1.807) is 0 Å². The highest BCUT2D eigenvalue weighted by Gasteiger charge is 2.30. The fourth-order valence-corrected chi connectivity index (χ4v) is 2.83. The molecule has 2 aromatic rings. The van der Waals surface area contributed by atoms with Gasteiger partial charge in [0.25, 0.3) is 5.91 Å². The second-order valence-electron chi connectivity index (χ2n) is 4.77. The summed E-state index contributed by atoms with van der Waals surface area (Å²) in [6.07, 6.45) is -5.26. The predicted octanol–water partition coefficient (Wildman–Crippen LogP) is 3.54. The molecule has 22 heavy (non-hydrogen) atoms. The molecule has 3 nitrogen and oxygen atoms in total. The zero-order valence-corrected chi connectivity index (χ0v) is 12.5. The molecule has 1 amide bonds. The molecule has 1 atom stereocenters. The number of thiophene rings is 1. The highest BCUT2D eigenvalue weighted by molar-refractivity contribution is 7.10. The van der Waals surface area contributed by atoms with Gasteiger partial charge in [-0.2, -0.15) is 13.2 Å². The van der Waals surface area contributed by atoms with Crippen molar-refractivity contribution in [2.24, 2.45) is 0 Å². The minimum absolute atomic E-state index is 0.00120. The summed E-state index contributed by atoms with van der Waals surface area (Å²) in [6, 6.07) is 5.80. The van der Waals surface area contributed by atoms with Gasteiger partial charge in [-0.3, -0.25) is 4.79 Å². The van der Waals surface area contributed by atoms with Gasteiger partial charge in [0.15, 0.2) is 0 Å². The van der Waals surface area contributed by atoms with Crippen LogP contribution in [-0.2, 0) is 6.18 Å². The molecule has 0 spiro atoms. The second kappa shape index (κ2) is 6.50. The Bertz CT molecular complexity index is 650. The van der Waals surface area contributed by atoms with E-state index in [1.807, 2.05) is 18.4 Å². The molecule has 1 aromatic carbocycles. The van der Waals surface area contributed by atoms with Gasteiger partial charge in [-0.25, -0.2) is 0 Å². The molecule has 2 N–H and O–H groups in total. The lowest BCUT2D eigenvalue weighted by molar-refractivity contribution is -0.137. The molecule has 0 aliphatic rings. The van der Waals surface area contributed by atoms with Gasteiger partial charge in [-0.05, 0) is 48.2 Å². The van der Waals surface area contributed by atoms with Crippen molar-refractivity contribution in [2.75, 3.05) is 6.54 Å². The molecule has 0 aliphatic heterocycles. The molecular weight excluding hydrogens is 315 g/mol. The van der Waals surface area contributed by atoms with Crippen molar-refractivity contribution in [3.8, 4) is 0 Å². The van der Waals surface area contributed by atoms with Crippen molar-refractivity contribution in [1.29, 1.82) is 0 Å². The van der Waals surface area contributed by atoms with Crippen LogP contribution in [0.15, 0.2) is 35.7 Å². The third-order valence-corrected chi connectivity index (χ3v) is 4.25. The van der Waals surface area contributed by atoms with Crippen molar-refractivity contribution in [1.82, 2.24) is 5.32 Å². The lowest BCUT2D eigenvalue weighted by atomic mass is 10.1. The number of alkyl halides is 3. The Labute approximate surface area is 129 Å². The van der Waals surface area contributed by atoms with E-state index in [-0.39, 0.29) is 12.1 Å². The van der Waals surface area contributed by atoms with Gasteiger partial charge in [-0.15, -0.1) is 11.3 Å². The van der Waals surface area contributed by atoms with Crippen molar-refractivity contribution in [2.45, 2.75) is 19.2 Å². The number of rotatable bonds is 4. The highest BCUT2D eigenvalue weighted by atomic mass is 32.1. The van der Waals surface area contributed by atoms with E-state index in [0.717, 1.165) is 34.7 Å². The molecule has 0 aliphatic carbocycles. The van der Waals surface area contributed by atoms with Crippen molar-refractivity contribution in [3.05, 3.63) is 57.3 Å². The molecule has 1 unspecified atom stereocenters. The summed E-state index contributed by atoms with van der Waals surface area (Å²) in [4.78, 5) is 12.6. The smallest absolute Gasteiger partial charge is 0.386 e. The molecule has 1 aromatic heterocycles. The maximum absolute atomic E-state index is 12.4. The SMILES string of the molecule is Cc1ccsc1C(O)CNC(=O)c1ccc(C(F)(F)F)cc1. The van der Waals surface area contributed by atoms with E-state index in [9.17, 15) is 23.1 Å². The Morgan fingerprint density at radius 2 is 1.91 bits per heavy atom. The number of aliphatic hydroxyl groups excluding tert-OH is 1. The summed E-state index contributed by atoms with van der Waals surface area (Å²) >= 11 is 1.38. The first-order chi connectivity index (χ1) is 10.3.